The lowest BCUT2D eigenvalue weighted by molar-refractivity contribution is 0.622. The Kier molecular flexibility index (Phi) is 7.43. The van der Waals surface area contributed by atoms with E-state index in [1.54, 1.807) is 0 Å². The third-order valence-corrected chi connectivity index (χ3v) is 9.93. The van der Waals surface area contributed by atoms with Crippen LogP contribution < -0.4 is 4.90 Å². The number of hydrogen-bond acceptors (Lipinski definition) is 4. The van der Waals surface area contributed by atoms with Crippen molar-refractivity contribution in [2.24, 2.45) is 0 Å². The SMILES string of the molecule is c1ccc(-c2ccc(-c3ccc(N(c4ccccc4)c4ccc(-c5cc6oc7ccccc7c6c6oc(-c7ccccc7)nc56)cc4)cc3)cc2)cc1. The highest BCUT2D eigenvalue weighted by molar-refractivity contribution is 6.19. The number of rotatable bonds is 7. The molecule has 0 aliphatic carbocycles. The second kappa shape index (κ2) is 12.9. The quantitative estimate of drug-likeness (QED) is 0.168. The highest BCUT2D eigenvalue weighted by Crippen LogP contribution is 2.43. The number of aromatic nitrogens is 1. The lowest BCUT2D eigenvalue weighted by atomic mass is 9.99. The molecule has 4 nitrogen and oxygen atoms in total. The average Bonchev–Trinajstić information content (AvgIpc) is 3.85. The zero-order chi connectivity index (χ0) is 35.1. The Hall–Kier alpha value is -7.17. The van der Waals surface area contributed by atoms with Gasteiger partial charge in [0.2, 0.25) is 5.89 Å². The molecule has 0 bridgehead atoms. The molecule has 0 aliphatic rings. The monoisotopic (exact) mass is 680 g/mol. The Morgan fingerprint density at radius 3 is 1.47 bits per heavy atom. The van der Waals surface area contributed by atoms with Gasteiger partial charge in [-0.25, -0.2) is 4.98 Å². The fourth-order valence-electron chi connectivity index (χ4n) is 7.30. The number of oxazole rings is 1. The summed E-state index contributed by atoms with van der Waals surface area (Å²) >= 11 is 0. The first-order valence-electron chi connectivity index (χ1n) is 17.8. The van der Waals surface area contributed by atoms with Gasteiger partial charge in [-0.15, -0.1) is 0 Å². The molecule has 53 heavy (non-hydrogen) atoms. The fraction of sp³-hybridized carbons (Fsp3) is 0. The molecule has 4 heteroatoms. The third-order valence-electron chi connectivity index (χ3n) is 9.93. The lowest BCUT2D eigenvalue weighted by Crippen LogP contribution is -2.09. The first kappa shape index (κ1) is 30.6. The molecule has 10 rings (SSSR count). The molecule has 0 saturated carbocycles. The van der Waals surface area contributed by atoms with Crippen LogP contribution in [0.2, 0.25) is 0 Å². The van der Waals surface area contributed by atoms with Crippen LogP contribution in [-0.2, 0) is 0 Å². The van der Waals surface area contributed by atoms with Crippen molar-refractivity contribution in [3.63, 3.8) is 0 Å². The van der Waals surface area contributed by atoms with Crippen molar-refractivity contribution in [1.82, 2.24) is 4.98 Å². The lowest BCUT2D eigenvalue weighted by Gasteiger charge is -2.26. The zero-order valence-corrected chi connectivity index (χ0v) is 28.7. The average molecular weight is 681 g/mol. The summed E-state index contributed by atoms with van der Waals surface area (Å²) in [6, 6.07) is 67.5. The number of hydrogen-bond donors (Lipinski definition) is 0. The van der Waals surface area contributed by atoms with E-state index in [1.165, 1.54) is 22.3 Å². The molecule has 0 spiro atoms. The Labute approximate surface area is 306 Å². The van der Waals surface area contributed by atoms with Gasteiger partial charge in [0, 0.05) is 33.6 Å². The van der Waals surface area contributed by atoms with Gasteiger partial charge in [-0.2, -0.15) is 0 Å². The standard InChI is InChI=1S/C49H32N2O2/c1-4-12-33(13-5-1)34-20-22-35(23-21-34)36-24-28-40(29-25-36)51(39-16-8-3-9-17-39)41-30-26-37(27-31-41)43-32-45-46(42-18-10-11-19-44(42)52-45)48-47(43)50-49(53-48)38-14-6-2-7-15-38/h1-32H. The van der Waals surface area contributed by atoms with Crippen LogP contribution in [0.15, 0.2) is 203 Å². The maximum Gasteiger partial charge on any atom is 0.227 e. The van der Waals surface area contributed by atoms with E-state index in [4.69, 9.17) is 13.8 Å². The molecule has 2 heterocycles. The maximum atomic E-state index is 6.56. The maximum absolute atomic E-state index is 6.56. The minimum atomic E-state index is 0.585. The Morgan fingerprint density at radius 1 is 0.377 bits per heavy atom. The zero-order valence-electron chi connectivity index (χ0n) is 28.7. The van der Waals surface area contributed by atoms with Gasteiger partial charge in [0.1, 0.15) is 16.7 Å². The molecule has 10 aromatic rings. The summed E-state index contributed by atoms with van der Waals surface area (Å²) in [5.41, 5.74) is 14.0. The van der Waals surface area contributed by atoms with Crippen molar-refractivity contribution in [2.75, 3.05) is 4.90 Å². The molecule has 0 aliphatic heterocycles. The number of fused-ring (bicyclic) bond motifs is 5. The summed E-state index contributed by atoms with van der Waals surface area (Å²) in [5, 5.41) is 1.95. The predicted octanol–water partition coefficient (Wildman–Crippen LogP) is 13.9. The first-order chi connectivity index (χ1) is 26.3. The fourth-order valence-corrected chi connectivity index (χ4v) is 7.30. The Balaban J connectivity index is 1.03. The van der Waals surface area contributed by atoms with E-state index in [1.807, 2.05) is 60.7 Å². The minimum absolute atomic E-state index is 0.585. The summed E-state index contributed by atoms with van der Waals surface area (Å²) in [5.74, 6) is 0.585. The van der Waals surface area contributed by atoms with Gasteiger partial charge in [0.15, 0.2) is 5.58 Å². The molecular formula is C49H32N2O2. The van der Waals surface area contributed by atoms with Crippen LogP contribution in [0.3, 0.4) is 0 Å². The van der Waals surface area contributed by atoms with E-state index in [-0.39, 0.29) is 0 Å². The van der Waals surface area contributed by atoms with Gasteiger partial charge in [-0.3, -0.25) is 0 Å². The number of benzene rings is 8. The number of para-hydroxylation sites is 2. The van der Waals surface area contributed by atoms with Crippen LogP contribution in [-0.4, -0.2) is 4.98 Å². The van der Waals surface area contributed by atoms with Gasteiger partial charge < -0.3 is 13.7 Å². The van der Waals surface area contributed by atoms with Crippen LogP contribution >= 0.6 is 0 Å². The predicted molar refractivity (Wildman–Crippen MR) is 218 cm³/mol. The largest absolute Gasteiger partial charge is 0.456 e. The van der Waals surface area contributed by atoms with Gasteiger partial charge >= 0.3 is 0 Å². The second-order valence-corrected chi connectivity index (χ2v) is 13.2. The third kappa shape index (κ3) is 5.54. The van der Waals surface area contributed by atoms with Crippen molar-refractivity contribution in [1.29, 1.82) is 0 Å². The van der Waals surface area contributed by atoms with Crippen LogP contribution in [0, 0.1) is 0 Å². The summed E-state index contributed by atoms with van der Waals surface area (Å²) in [4.78, 5) is 7.37. The van der Waals surface area contributed by atoms with Gasteiger partial charge in [-0.05, 0) is 88.5 Å². The first-order valence-corrected chi connectivity index (χ1v) is 17.8. The molecule has 2 aromatic heterocycles. The van der Waals surface area contributed by atoms with Crippen LogP contribution in [0.25, 0.3) is 77.9 Å². The van der Waals surface area contributed by atoms with Crippen LogP contribution in [0.5, 0.6) is 0 Å². The summed E-state index contributed by atoms with van der Waals surface area (Å²) in [7, 11) is 0. The van der Waals surface area contributed by atoms with E-state index in [0.717, 1.165) is 66.8 Å². The van der Waals surface area contributed by atoms with Gasteiger partial charge in [0.25, 0.3) is 0 Å². The number of anilines is 3. The summed E-state index contributed by atoms with van der Waals surface area (Å²) < 4.78 is 12.9. The van der Waals surface area contributed by atoms with Gasteiger partial charge in [-0.1, -0.05) is 133 Å². The van der Waals surface area contributed by atoms with Crippen LogP contribution in [0.4, 0.5) is 17.1 Å². The van der Waals surface area contributed by atoms with Crippen molar-refractivity contribution >= 4 is 50.1 Å². The smallest absolute Gasteiger partial charge is 0.227 e. The molecular weight excluding hydrogens is 649 g/mol. The second-order valence-electron chi connectivity index (χ2n) is 13.2. The van der Waals surface area contributed by atoms with E-state index >= 15 is 0 Å². The number of nitrogens with zero attached hydrogens (tertiary/aromatic N) is 2. The molecule has 250 valence electrons. The molecule has 0 radical (unpaired) electrons. The van der Waals surface area contributed by atoms with E-state index in [0.29, 0.717) is 5.89 Å². The highest BCUT2D eigenvalue weighted by atomic mass is 16.4. The Bertz CT molecular complexity index is 2840. The molecule has 0 atom stereocenters. The Morgan fingerprint density at radius 2 is 0.849 bits per heavy atom. The number of furan rings is 1. The van der Waals surface area contributed by atoms with Crippen LogP contribution in [0.1, 0.15) is 0 Å². The topological polar surface area (TPSA) is 42.4 Å². The normalized spacial score (nSPS) is 11.4. The van der Waals surface area contributed by atoms with E-state index < -0.39 is 0 Å². The molecule has 0 fully saturated rings. The van der Waals surface area contributed by atoms with Crippen molar-refractivity contribution in [3.05, 3.63) is 194 Å². The van der Waals surface area contributed by atoms with Crippen molar-refractivity contribution < 1.29 is 8.83 Å². The highest BCUT2D eigenvalue weighted by Gasteiger charge is 2.21. The van der Waals surface area contributed by atoms with Crippen molar-refractivity contribution in [3.8, 4) is 44.8 Å². The molecule has 0 unspecified atom stereocenters. The van der Waals surface area contributed by atoms with Gasteiger partial charge in [0.05, 0.1) is 5.39 Å². The minimum Gasteiger partial charge on any atom is -0.456 e. The molecule has 0 amide bonds. The summed E-state index contributed by atoms with van der Waals surface area (Å²) in [6.45, 7) is 0. The molecule has 8 aromatic carbocycles. The van der Waals surface area contributed by atoms with Crippen molar-refractivity contribution in [2.45, 2.75) is 0 Å². The summed E-state index contributed by atoms with van der Waals surface area (Å²) in [6.07, 6.45) is 0. The van der Waals surface area contributed by atoms with E-state index in [2.05, 4.69) is 138 Å². The molecule has 0 N–H and O–H groups in total. The molecule has 0 saturated heterocycles. The van der Waals surface area contributed by atoms with E-state index in [9.17, 15) is 0 Å².